The smallest absolute Gasteiger partial charge is 0.419 e. The molecule has 0 aliphatic carbocycles. The van der Waals surface area contributed by atoms with E-state index in [0.29, 0.717) is 18.6 Å². The average Bonchev–Trinajstić information content (AvgIpc) is 2.25. The Morgan fingerprint density at radius 1 is 1.00 bits per heavy atom. The molecule has 0 heterocycles. The highest BCUT2D eigenvalue weighted by atomic mass is 19.4. The van der Waals surface area contributed by atoms with Crippen LogP contribution in [0.3, 0.4) is 0 Å². The minimum Gasteiger partial charge on any atom is -0.493 e. The summed E-state index contributed by atoms with van der Waals surface area (Å²) in [5.41, 5.74) is -2.75. The molecule has 0 bridgehead atoms. The molecule has 0 unspecified atom stereocenters. The molecule has 0 aromatic heterocycles. The first-order valence-electron chi connectivity index (χ1n) is 5.93. The molecule has 0 fully saturated rings. The summed E-state index contributed by atoms with van der Waals surface area (Å²) in [7, 11) is 0. The van der Waals surface area contributed by atoms with E-state index in [-0.39, 0.29) is 18.6 Å². The maximum atomic E-state index is 12.8. The number of ether oxygens (including phenoxy) is 1. The number of rotatable bonds is 4. The largest absolute Gasteiger partial charge is 0.493 e. The van der Waals surface area contributed by atoms with Crippen molar-refractivity contribution in [2.75, 3.05) is 6.61 Å². The quantitative estimate of drug-likeness (QED) is 0.699. The van der Waals surface area contributed by atoms with E-state index in [4.69, 9.17) is 4.74 Å². The number of halogens is 6. The van der Waals surface area contributed by atoms with Crippen molar-refractivity contribution in [1.82, 2.24) is 0 Å². The third-order valence-corrected chi connectivity index (χ3v) is 2.57. The van der Waals surface area contributed by atoms with Gasteiger partial charge in [0.2, 0.25) is 0 Å². The van der Waals surface area contributed by atoms with Crippen LogP contribution in [0.1, 0.15) is 31.4 Å². The second-order valence-corrected chi connectivity index (χ2v) is 4.74. The van der Waals surface area contributed by atoms with Crippen LogP contribution in [0.5, 0.6) is 5.75 Å². The van der Waals surface area contributed by atoms with Gasteiger partial charge in [-0.1, -0.05) is 13.8 Å². The van der Waals surface area contributed by atoms with Crippen molar-refractivity contribution in [3.63, 3.8) is 0 Å². The highest BCUT2D eigenvalue weighted by Gasteiger charge is 2.38. The van der Waals surface area contributed by atoms with Gasteiger partial charge in [0.25, 0.3) is 0 Å². The second-order valence-electron chi connectivity index (χ2n) is 4.74. The van der Waals surface area contributed by atoms with Gasteiger partial charge in [0.1, 0.15) is 5.75 Å². The SMILES string of the molecule is CC(C)CCOc1ccc(C(F)(F)F)cc1C(F)(F)F. The monoisotopic (exact) mass is 300 g/mol. The molecule has 0 saturated heterocycles. The molecule has 0 spiro atoms. The molecule has 0 saturated carbocycles. The van der Waals surface area contributed by atoms with Crippen LogP contribution in [0.25, 0.3) is 0 Å². The van der Waals surface area contributed by atoms with Crippen molar-refractivity contribution in [3.8, 4) is 5.75 Å². The van der Waals surface area contributed by atoms with Gasteiger partial charge in [-0.2, -0.15) is 26.3 Å². The Morgan fingerprint density at radius 2 is 1.60 bits per heavy atom. The highest BCUT2D eigenvalue weighted by molar-refractivity contribution is 5.40. The van der Waals surface area contributed by atoms with E-state index >= 15 is 0 Å². The minimum absolute atomic E-state index is 0.0200. The van der Waals surface area contributed by atoms with Crippen LogP contribution >= 0.6 is 0 Å². The molecular formula is C13H14F6O. The Morgan fingerprint density at radius 3 is 2.05 bits per heavy atom. The van der Waals surface area contributed by atoms with Crippen molar-refractivity contribution < 1.29 is 31.1 Å². The van der Waals surface area contributed by atoms with Crippen LogP contribution in [-0.4, -0.2) is 6.61 Å². The lowest BCUT2D eigenvalue weighted by Gasteiger charge is -2.16. The van der Waals surface area contributed by atoms with Crippen LogP contribution < -0.4 is 4.74 Å². The fourth-order valence-corrected chi connectivity index (χ4v) is 1.46. The van der Waals surface area contributed by atoms with Gasteiger partial charge in [0, 0.05) is 0 Å². The lowest BCUT2D eigenvalue weighted by atomic mass is 10.1. The first-order valence-corrected chi connectivity index (χ1v) is 5.93. The van der Waals surface area contributed by atoms with E-state index < -0.39 is 29.2 Å². The van der Waals surface area contributed by atoms with Crippen LogP contribution in [0.15, 0.2) is 18.2 Å². The van der Waals surface area contributed by atoms with Crippen LogP contribution in [0.2, 0.25) is 0 Å². The number of alkyl halides is 6. The van der Waals surface area contributed by atoms with Gasteiger partial charge in [-0.15, -0.1) is 0 Å². The normalized spacial score (nSPS) is 12.8. The Kier molecular flexibility index (Phi) is 4.94. The van der Waals surface area contributed by atoms with Crippen molar-refractivity contribution in [1.29, 1.82) is 0 Å². The summed E-state index contributed by atoms with van der Waals surface area (Å²) in [6.07, 6.45) is -9.21. The molecule has 114 valence electrons. The van der Waals surface area contributed by atoms with E-state index in [1.54, 1.807) is 0 Å². The van der Waals surface area contributed by atoms with Crippen molar-refractivity contribution in [2.24, 2.45) is 5.92 Å². The fraction of sp³-hybridized carbons (Fsp3) is 0.538. The number of hydrogen-bond donors (Lipinski definition) is 0. The first-order chi connectivity index (χ1) is 9.01. The average molecular weight is 300 g/mol. The van der Waals surface area contributed by atoms with Gasteiger partial charge in [-0.05, 0) is 30.5 Å². The summed E-state index contributed by atoms with van der Waals surface area (Å²) in [6, 6.07) is 1.37. The Balaban J connectivity index is 3.05. The fourth-order valence-electron chi connectivity index (χ4n) is 1.46. The van der Waals surface area contributed by atoms with E-state index in [1.807, 2.05) is 13.8 Å². The molecule has 0 amide bonds. The predicted molar refractivity (Wildman–Crippen MR) is 61.4 cm³/mol. The van der Waals surface area contributed by atoms with Gasteiger partial charge in [0.05, 0.1) is 17.7 Å². The molecule has 0 N–H and O–H groups in total. The standard InChI is InChI=1S/C13H14F6O/c1-8(2)5-6-20-11-4-3-9(12(14,15)16)7-10(11)13(17,18)19/h3-4,7-8H,5-6H2,1-2H3. The van der Waals surface area contributed by atoms with Gasteiger partial charge >= 0.3 is 12.4 Å². The van der Waals surface area contributed by atoms with Crippen molar-refractivity contribution >= 4 is 0 Å². The van der Waals surface area contributed by atoms with E-state index in [0.717, 1.165) is 0 Å². The zero-order chi connectivity index (χ0) is 15.6. The topological polar surface area (TPSA) is 9.23 Å². The molecule has 0 radical (unpaired) electrons. The Labute approximate surface area is 112 Å². The maximum Gasteiger partial charge on any atom is 0.419 e. The first kappa shape index (κ1) is 16.7. The molecule has 0 aliphatic rings. The summed E-state index contributed by atoms with van der Waals surface area (Å²) in [4.78, 5) is 0. The van der Waals surface area contributed by atoms with Gasteiger partial charge in [-0.25, -0.2) is 0 Å². The number of hydrogen-bond acceptors (Lipinski definition) is 1. The number of benzene rings is 1. The zero-order valence-corrected chi connectivity index (χ0v) is 10.9. The predicted octanol–water partition coefficient (Wildman–Crippen LogP) is 5.15. The lowest BCUT2D eigenvalue weighted by Crippen LogP contribution is -2.13. The van der Waals surface area contributed by atoms with E-state index in [2.05, 4.69) is 0 Å². The molecule has 1 aromatic rings. The molecule has 7 heteroatoms. The maximum absolute atomic E-state index is 12.8. The summed E-state index contributed by atoms with van der Waals surface area (Å²) in [5, 5.41) is 0. The van der Waals surface area contributed by atoms with Crippen LogP contribution in [0, 0.1) is 5.92 Å². The van der Waals surface area contributed by atoms with Crippen molar-refractivity contribution in [2.45, 2.75) is 32.6 Å². The molecular weight excluding hydrogens is 286 g/mol. The van der Waals surface area contributed by atoms with Gasteiger partial charge < -0.3 is 4.74 Å². The molecule has 0 aliphatic heterocycles. The third-order valence-electron chi connectivity index (χ3n) is 2.57. The summed E-state index contributed by atoms with van der Waals surface area (Å²) in [6.45, 7) is 3.74. The van der Waals surface area contributed by atoms with E-state index in [1.165, 1.54) is 0 Å². The third kappa shape index (κ3) is 4.61. The second kappa shape index (κ2) is 5.93. The zero-order valence-electron chi connectivity index (χ0n) is 10.9. The summed E-state index contributed by atoms with van der Waals surface area (Å²) >= 11 is 0. The molecule has 0 atom stereocenters. The summed E-state index contributed by atoms with van der Waals surface area (Å²) < 4.78 is 80.5. The minimum atomic E-state index is -4.89. The van der Waals surface area contributed by atoms with Crippen LogP contribution in [-0.2, 0) is 12.4 Å². The summed E-state index contributed by atoms with van der Waals surface area (Å²) in [5.74, 6) is -0.357. The van der Waals surface area contributed by atoms with E-state index in [9.17, 15) is 26.3 Å². The molecule has 1 rings (SSSR count). The Hall–Kier alpha value is -1.40. The van der Waals surface area contributed by atoms with Gasteiger partial charge in [0.15, 0.2) is 0 Å². The molecule has 1 aromatic carbocycles. The highest BCUT2D eigenvalue weighted by Crippen LogP contribution is 2.40. The van der Waals surface area contributed by atoms with Crippen LogP contribution in [0.4, 0.5) is 26.3 Å². The lowest BCUT2D eigenvalue weighted by molar-refractivity contribution is -0.143. The Bertz CT molecular complexity index is 447. The van der Waals surface area contributed by atoms with Gasteiger partial charge in [-0.3, -0.25) is 0 Å². The van der Waals surface area contributed by atoms with Crippen molar-refractivity contribution in [3.05, 3.63) is 29.3 Å². The molecule has 1 nitrogen and oxygen atoms in total. The molecule has 20 heavy (non-hydrogen) atoms.